The number of H-pyrrole nitrogens is 1. The molecule has 0 aromatic carbocycles. The van der Waals surface area contributed by atoms with Gasteiger partial charge in [-0.15, -0.1) is 0 Å². The first kappa shape index (κ1) is 9.90. The first-order valence-corrected chi connectivity index (χ1v) is 3.61. The first-order chi connectivity index (χ1) is 6.49. The highest BCUT2D eigenvalue weighted by molar-refractivity contribution is 5.88. The molecule has 14 heavy (non-hydrogen) atoms. The number of hydrogen-bond acceptors (Lipinski definition) is 4. The van der Waals surface area contributed by atoms with Crippen LogP contribution in [-0.2, 0) is 4.79 Å². The van der Waals surface area contributed by atoms with E-state index in [2.05, 4.69) is 15.3 Å². The van der Waals surface area contributed by atoms with E-state index in [-0.39, 0.29) is 5.95 Å². The van der Waals surface area contributed by atoms with E-state index in [9.17, 15) is 14.4 Å². The van der Waals surface area contributed by atoms with Crippen LogP contribution in [0.1, 0.15) is 17.4 Å². The summed E-state index contributed by atoms with van der Waals surface area (Å²) in [5.41, 5.74) is -1.06. The molecule has 0 aliphatic heterocycles. The molecule has 0 bridgehead atoms. The van der Waals surface area contributed by atoms with Crippen molar-refractivity contribution in [2.24, 2.45) is 0 Å². The highest BCUT2D eigenvalue weighted by Gasteiger charge is 2.08. The second-order valence-electron chi connectivity index (χ2n) is 2.47. The van der Waals surface area contributed by atoms with Gasteiger partial charge in [-0.3, -0.25) is 19.9 Å². The Kier molecular flexibility index (Phi) is 2.61. The standard InChI is InChI=1S/C7H7N3O4/c1-3(11)8-7-9-4(6(13)14)2-5(12)10-7/h2H,1H3,(H,13,14)(H2,8,9,10,11,12). The molecular weight excluding hydrogens is 190 g/mol. The fraction of sp³-hybridized carbons (Fsp3) is 0.143. The summed E-state index contributed by atoms with van der Waals surface area (Å²) in [7, 11) is 0. The van der Waals surface area contributed by atoms with E-state index in [1.807, 2.05) is 0 Å². The van der Waals surface area contributed by atoms with Crippen molar-refractivity contribution in [3.63, 3.8) is 0 Å². The number of nitrogens with zero attached hydrogens (tertiary/aromatic N) is 1. The zero-order chi connectivity index (χ0) is 10.7. The van der Waals surface area contributed by atoms with Gasteiger partial charge in [0.05, 0.1) is 0 Å². The van der Waals surface area contributed by atoms with Gasteiger partial charge in [-0.05, 0) is 0 Å². The predicted molar refractivity (Wildman–Crippen MR) is 46.1 cm³/mol. The summed E-state index contributed by atoms with van der Waals surface area (Å²) in [6, 6.07) is 0.827. The van der Waals surface area contributed by atoms with E-state index < -0.39 is 23.1 Å². The predicted octanol–water partition coefficient (Wildman–Crippen LogP) is -0.574. The van der Waals surface area contributed by atoms with Crippen LogP contribution in [0.2, 0.25) is 0 Å². The van der Waals surface area contributed by atoms with Gasteiger partial charge in [0.2, 0.25) is 11.9 Å². The lowest BCUT2D eigenvalue weighted by Crippen LogP contribution is -2.18. The van der Waals surface area contributed by atoms with E-state index in [0.717, 1.165) is 6.07 Å². The SMILES string of the molecule is CC(=O)Nc1nc(C(=O)O)cc(=O)[nH]1. The molecule has 3 N–H and O–H groups in total. The van der Waals surface area contributed by atoms with Crippen LogP contribution in [0.5, 0.6) is 0 Å². The molecule has 1 aromatic heterocycles. The third-order valence-electron chi connectivity index (χ3n) is 1.26. The van der Waals surface area contributed by atoms with Crippen molar-refractivity contribution in [2.75, 3.05) is 5.32 Å². The summed E-state index contributed by atoms with van der Waals surface area (Å²) < 4.78 is 0. The lowest BCUT2D eigenvalue weighted by atomic mass is 10.4. The van der Waals surface area contributed by atoms with E-state index >= 15 is 0 Å². The molecule has 0 saturated carbocycles. The molecule has 74 valence electrons. The molecule has 1 heterocycles. The van der Waals surface area contributed by atoms with Crippen LogP contribution in [0.15, 0.2) is 10.9 Å². The second kappa shape index (κ2) is 3.69. The van der Waals surface area contributed by atoms with Crippen LogP contribution in [0.3, 0.4) is 0 Å². The smallest absolute Gasteiger partial charge is 0.354 e. The number of amides is 1. The molecule has 0 saturated heterocycles. The average Bonchev–Trinajstić information content (AvgIpc) is 2.01. The Balaban J connectivity index is 3.13. The van der Waals surface area contributed by atoms with Gasteiger partial charge in [0.25, 0.3) is 5.56 Å². The van der Waals surface area contributed by atoms with Gasteiger partial charge >= 0.3 is 5.97 Å². The highest BCUT2D eigenvalue weighted by atomic mass is 16.4. The topological polar surface area (TPSA) is 112 Å². The molecule has 0 radical (unpaired) electrons. The summed E-state index contributed by atoms with van der Waals surface area (Å²) in [6.07, 6.45) is 0. The Morgan fingerprint density at radius 2 is 2.21 bits per heavy atom. The Hall–Kier alpha value is -2.18. The van der Waals surface area contributed by atoms with Crippen molar-refractivity contribution in [3.05, 3.63) is 22.1 Å². The molecular formula is C7H7N3O4. The number of carbonyl (C=O) groups is 2. The van der Waals surface area contributed by atoms with E-state index in [1.165, 1.54) is 6.92 Å². The quantitative estimate of drug-likeness (QED) is 0.587. The number of carboxylic acids is 1. The maximum absolute atomic E-state index is 10.9. The zero-order valence-corrected chi connectivity index (χ0v) is 7.20. The number of aromatic nitrogens is 2. The highest BCUT2D eigenvalue weighted by Crippen LogP contribution is 1.96. The monoisotopic (exact) mass is 197 g/mol. The van der Waals surface area contributed by atoms with E-state index in [1.54, 1.807) is 0 Å². The molecule has 7 nitrogen and oxygen atoms in total. The van der Waals surface area contributed by atoms with Gasteiger partial charge in [-0.1, -0.05) is 0 Å². The lowest BCUT2D eigenvalue weighted by molar-refractivity contribution is -0.114. The van der Waals surface area contributed by atoms with Gasteiger partial charge in [-0.25, -0.2) is 9.78 Å². The van der Waals surface area contributed by atoms with Gasteiger partial charge in [0, 0.05) is 13.0 Å². The Morgan fingerprint density at radius 1 is 1.57 bits per heavy atom. The average molecular weight is 197 g/mol. The Labute approximate surface area is 77.8 Å². The molecule has 0 spiro atoms. The summed E-state index contributed by atoms with van der Waals surface area (Å²) >= 11 is 0. The summed E-state index contributed by atoms with van der Waals surface area (Å²) in [6.45, 7) is 1.22. The minimum atomic E-state index is -1.33. The summed E-state index contributed by atoms with van der Waals surface area (Å²) in [4.78, 5) is 37.6. The molecule has 1 aromatic rings. The number of rotatable bonds is 2. The summed E-state index contributed by atoms with van der Waals surface area (Å²) in [5, 5.41) is 10.7. The normalized spacial score (nSPS) is 9.50. The van der Waals surface area contributed by atoms with Crippen LogP contribution in [0.4, 0.5) is 5.95 Å². The fourth-order valence-corrected chi connectivity index (χ4v) is 0.793. The number of carbonyl (C=O) groups excluding carboxylic acids is 1. The van der Waals surface area contributed by atoms with Crippen molar-refractivity contribution in [2.45, 2.75) is 6.92 Å². The minimum absolute atomic E-state index is 0.178. The molecule has 0 aliphatic rings. The van der Waals surface area contributed by atoms with Crippen molar-refractivity contribution >= 4 is 17.8 Å². The van der Waals surface area contributed by atoms with Crippen molar-refractivity contribution < 1.29 is 14.7 Å². The molecule has 1 rings (SSSR count). The van der Waals surface area contributed by atoms with Crippen LogP contribution in [0.25, 0.3) is 0 Å². The number of aromatic amines is 1. The van der Waals surface area contributed by atoms with E-state index in [4.69, 9.17) is 5.11 Å². The number of aromatic carboxylic acids is 1. The van der Waals surface area contributed by atoms with Gasteiger partial charge in [-0.2, -0.15) is 0 Å². The maximum atomic E-state index is 10.9. The van der Waals surface area contributed by atoms with Gasteiger partial charge in [0.1, 0.15) is 0 Å². The van der Waals surface area contributed by atoms with Crippen LogP contribution < -0.4 is 10.9 Å². The van der Waals surface area contributed by atoms with Crippen molar-refractivity contribution in [1.29, 1.82) is 0 Å². The minimum Gasteiger partial charge on any atom is -0.477 e. The fourth-order valence-electron chi connectivity index (χ4n) is 0.793. The zero-order valence-electron chi connectivity index (χ0n) is 7.20. The third kappa shape index (κ3) is 2.41. The molecule has 0 unspecified atom stereocenters. The van der Waals surface area contributed by atoms with Crippen LogP contribution in [0, 0.1) is 0 Å². The van der Waals surface area contributed by atoms with Crippen LogP contribution >= 0.6 is 0 Å². The maximum Gasteiger partial charge on any atom is 0.354 e. The van der Waals surface area contributed by atoms with Crippen molar-refractivity contribution in [1.82, 2.24) is 9.97 Å². The van der Waals surface area contributed by atoms with Gasteiger partial charge < -0.3 is 5.11 Å². The first-order valence-electron chi connectivity index (χ1n) is 3.61. The molecule has 0 fully saturated rings. The molecule has 0 atom stereocenters. The van der Waals surface area contributed by atoms with E-state index in [0.29, 0.717) is 0 Å². The summed E-state index contributed by atoms with van der Waals surface area (Å²) in [5.74, 6) is -1.96. The van der Waals surface area contributed by atoms with Crippen LogP contribution in [-0.4, -0.2) is 27.0 Å². The molecule has 1 amide bonds. The number of nitrogens with one attached hydrogen (secondary N) is 2. The Bertz CT molecular complexity index is 437. The lowest BCUT2D eigenvalue weighted by Gasteiger charge is -2.00. The molecule has 0 aliphatic carbocycles. The second-order valence-corrected chi connectivity index (χ2v) is 2.47. The third-order valence-corrected chi connectivity index (χ3v) is 1.26. The number of anilines is 1. The molecule has 7 heteroatoms. The Morgan fingerprint density at radius 3 is 2.71 bits per heavy atom. The van der Waals surface area contributed by atoms with Gasteiger partial charge in [0.15, 0.2) is 5.69 Å². The largest absolute Gasteiger partial charge is 0.477 e. The number of carboxylic acid groups (broad SMARTS) is 1. The van der Waals surface area contributed by atoms with Crippen molar-refractivity contribution in [3.8, 4) is 0 Å². The number of hydrogen-bond donors (Lipinski definition) is 3.